The van der Waals surface area contributed by atoms with Crippen LogP contribution in [0.3, 0.4) is 0 Å². The lowest BCUT2D eigenvalue weighted by Crippen LogP contribution is -2.18. The standard InChI is InChI=1S/C17H8F6O2/c1-3-9-4-6-10(7-5-9)16(24)25-15-8(2)12(18)11(17(21,22)23)13(19)14(15)20/h1,4-7H,2H3. The van der Waals surface area contributed by atoms with E-state index in [1.54, 1.807) is 0 Å². The monoisotopic (exact) mass is 358 g/mol. The van der Waals surface area contributed by atoms with Gasteiger partial charge in [0.2, 0.25) is 5.82 Å². The first-order chi connectivity index (χ1) is 11.6. The molecule has 0 unspecified atom stereocenters. The maximum Gasteiger partial charge on any atom is 0.422 e. The molecule has 25 heavy (non-hydrogen) atoms. The van der Waals surface area contributed by atoms with E-state index >= 15 is 0 Å². The van der Waals surface area contributed by atoms with E-state index < -0.39 is 46.5 Å². The fourth-order valence-corrected chi connectivity index (χ4v) is 1.98. The lowest BCUT2D eigenvalue weighted by molar-refractivity contribution is -0.142. The van der Waals surface area contributed by atoms with Crippen molar-refractivity contribution in [3.63, 3.8) is 0 Å². The third kappa shape index (κ3) is 3.45. The van der Waals surface area contributed by atoms with E-state index in [9.17, 15) is 31.1 Å². The lowest BCUT2D eigenvalue weighted by Gasteiger charge is -2.15. The van der Waals surface area contributed by atoms with Crippen molar-refractivity contribution < 1.29 is 35.9 Å². The van der Waals surface area contributed by atoms with Crippen LogP contribution in [0.25, 0.3) is 0 Å². The second-order valence-corrected chi connectivity index (χ2v) is 4.88. The zero-order chi connectivity index (χ0) is 18.9. The van der Waals surface area contributed by atoms with Crippen LogP contribution in [0.15, 0.2) is 24.3 Å². The van der Waals surface area contributed by atoms with Crippen LogP contribution in [0.1, 0.15) is 27.0 Å². The highest BCUT2D eigenvalue weighted by Gasteiger charge is 2.42. The number of carbonyl (C=O) groups excluding carboxylic acids is 1. The molecule has 8 heteroatoms. The summed E-state index contributed by atoms with van der Waals surface area (Å²) in [4.78, 5) is 11.9. The molecule has 0 N–H and O–H groups in total. The highest BCUT2D eigenvalue weighted by atomic mass is 19.4. The van der Waals surface area contributed by atoms with E-state index in [-0.39, 0.29) is 5.56 Å². The van der Waals surface area contributed by atoms with Gasteiger partial charge in [-0.05, 0) is 31.2 Å². The topological polar surface area (TPSA) is 26.3 Å². The van der Waals surface area contributed by atoms with E-state index in [2.05, 4.69) is 10.7 Å². The van der Waals surface area contributed by atoms with Gasteiger partial charge in [-0.2, -0.15) is 17.6 Å². The van der Waals surface area contributed by atoms with E-state index in [0.717, 1.165) is 6.92 Å². The van der Waals surface area contributed by atoms with Crippen molar-refractivity contribution >= 4 is 5.97 Å². The highest BCUT2D eigenvalue weighted by Crippen LogP contribution is 2.39. The Morgan fingerprint density at radius 3 is 2.08 bits per heavy atom. The summed E-state index contributed by atoms with van der Waals surface area (Å²) in [5.74, 6) is -6.85. The molecule has 2 nitrogen and oxygen atoms in total. The molecule has 0 saturated heterocycles. The maximum atomic E-state index is 13.9. The first-order valence-electron chi connectivity index (χ1n) is 6.61. The van der Waals surface area contributed by atoms with Crippen molar-refractivity contribution in [2.45, 2.75) is 13.1 Å². The minimum Gasteiger partial charge on any atom is -0.419 e. The highest BCUT2D eigenvalue weighted by molar-refractivity contribution is 5.91. The molecule has 0 aliphatic heterocycles. The minimum atomic E-state index is -5.45. The second kappa shape index (κ2) is 6.51. The van der Waals surface area contributed by atoms with E-state index in [1.807, 2.05) is 0 Å². The van der Waals surface area contributed by atoms with E-state index in [0.29, 0.717) is 5.56 Å². The van der Waals surface area contributed by atoms with Gasteiger partial charge in [0.1, 0.15) is 11.4 Å². The number of benzene rings is 2. The Morgan fingerprint density at radius 1 is 1.04 bits per heavy atom. The number of halogens is 6. The zero-order valence-electron chi connectivity index (χ0n) is 12.5. The molecule has 0 aliphatic rings. The number of terminal acetylenes is 1. The lowest BCUT2D eigenvalue weighted by atomic mass is 10.1. The van der Waals surface area contributed by atoms with Gasteiger partial charge in [-0.1, -0.05) is 5.92 Å². The number of alkyl halides is 3. The molecule has 0 amide bonds. The average Bonchev–Trinajstić information content (AvgIpc) is 2.55. The normalized spacial score (nSPS) is 11.1. The molecule has 130 valence electrons. The summed E-state index contributed by atoms with van der Waals surface area (Å²) in [5.41, 5.74) is -3.09. The van der Waals surface area contributed by atoms with Crippen LogP contribution >= 0.6 is 0 Å². The van der Waals surface area contributed by atoms with Crippen molar-refractivity contribution in [2.24, 2.45) is 0 Å². The first kappa shape index (κ1) is 18.4. The number of hydrogen-bond donors (Lipinski definition) is 0. The van der Waals surface area contributed by atoms with Gasteiger partial charge in [-0.15, -0.1) is 6.42 Å². The molecule has 2 rings (SSSR count). The first-order valence-corrected chi connectivity index (χ1v) is 6.61. The van der Waals surface area contributed by atoms with Crippen LogP contribution in [0.5, 0.6) is 5.75 Å². The molecule has 0 atom stereocenters. The zero-order valence-corrected chi connectivity index (χ0v) is 12.5. The summed E-state index contributed by atoms with van der Waals surface area (Å²) in [5, 5.41) is 0. The van der Waals surface area contributed by atoms with Gasteiger partial charge in [0.25, 0.3) is 0 Å². The van der Waals surface area contributed by atoms with Gasteiger partial charge in [0.05, 0.1) is 5.56 Å². The van der Waals surface area contributed by atoms with Crippen LogP contribution in [0, 0.1) is 36.7 Å². The Balaban J connectivity index is 2.46. The van der Waals surface area contributed by atoms with Crippen LogP contribution in [-0.4, -0.2) is 5.97 Å². The van der Waals surface area contributed by atoms with E-state index in [4.69, 9.17) is 6.42 Å². The van der Waals surface area contributed by atoms with Gasteiger partial charge in [-0.25, -0.2) is 13.6 Å². The van der Waals surface area contributed by atoms with Crippen LogP contribution < -0.4 is 4.74 Å². The summed E-state index contributed by atoms with van der Waals surface area (Å²) >= 11 is 0. The predicted molar refractivity (Wildman–Crippen MR) is 75.4 cm³/mol. The summed E-state index contributed by atoms with van der Waals surface area (Å²) < 4.78 is 83.7. The Kier molecular flexibility index (Phi) is 4.79. The molecule has 2 aromatic rings. The maximum absolute atomic E-state index is 13.9. The quantitative estimate of drug-likeness (QED) is 0.257. The predicted octanol–water partition coefficient (Wildman–Crippen LogP) is 4.63. The van der Waals surface area contributed by atoms with Crippen molar-refractivity contribution in [1.29, 1.82) is 0 Å². The average molecular weight is 358 g/mol. The van der Waals surface area contributed by atoms with Crippen molar-refractivity contribution in [1.82, 2.24) is 0 Å². The van der Waals surface area contributed by atoms with Gasteiger partial charge < -0.3 is 4.74 Å². The van der Waals surface area contributed by atoms with E-state index in [1.165, 1.54) is 24.3 Å². The van der Waals surface area contributed by atoms with Gasteiger partial charge in [0.15, 0.2) is 11.6 Å². The fraction of sp³-hybridized carbons (Fsp3) is 0.118. The molecular formula is C17H8F6O2. The SMILES string of the molecule is C#Cc1ccc(C(=O)Oc2c(C)c(F)c(C(F)(F)F)c(F)c2F)cc1. The molecule has 0 bridgehead atoms. The summed E-state index contributed by atoms with van der Waals surface area (Å²) in [6.45, 7) is 0.733. The van der Waals surface area contributed by atoms with Crippen molar-refractivity contribution in [2.75, 3.05) is 0 Å². The molecule has 2 aromatic carbocycles. The van der Waals surface area contributed by atoms with Crippen LogP contribution in [-0.2, 0) is 6.18 Å². The molecule has 0 heterocycles. The molecule has 0 aromatic heterocycles. The number of carbonyl (C=O) groups is 1. The second-order valence-electron chi connectivity index (χ2n) is 4.88. The van der Waals surface area contributed by atoms with Crippen molar-refractivity contribution in [3.8, 4) is 18.1 Å². The van der Waals surface area contributed by atoms with Crippen LogP contribution in [0.4, 0.5) is 26.3 Å². The molecule has 0 spiro atoms. The van der Waals surface area contributed by atoms with Crippen molar-refractivity contribution in [3.05, 3.63) is 64.0 Å². The van der Waals surface area contributed by atoms with Gasteiger partial charge in [-0.3, -0.25) is 0 Å². The Morgan fingerprint density at radius 2 is 1.60 bits per heavy atom. The number of rotatable bonds is 2. The third-order valence-corrected chi connectivity index (χ3v) is 3.27. The Labute approximate surface area is 138 Å². The molecule has 0 saturated carbocycles. The minimum absolute atomic E-state index is 0.140. The van der Waals surface area contributed by atoms with Gasteiger partial charge >= 0.3 is 12.1 Å². The Hall–Kier alpha value is -2.95. The van der Waals surface area contributed by atoms with Gasteiger partial charge in [0, 0.05) is 11.1 Å². The Bertz CT molecular complexity index is 847. The molecule has 0 aliphatic carbocycles. The summed E-state index contributed by atoms with van der Waals surface area (Å²) in [7, 11) is 0. The smallest absolute Gasteiger partial charge is 0.419 e. The fourth-order valence-electron chi connectivity index (χ4n) is 1.98. The van der Waals surface area contributed by atoms with Crippen LogP contribution in [0.2, 0.25) is 0 Å². The molecule has 0 radical (unpaired) electrons. The molecule has 0 fully saturated rings. The largest absolute Gasteiger partial charge is 0.422 e. The number of esters is 1. The number of hydrogen-bond acceptors (Lipinski definition) is 2. The third-order valence-electron chi connectivity index (χ3n) is 3.27. The summed E-state index contributed by atoms with van der Waals surface area (Å²) in [6, 6.07) is 5.13. The summed E-state index contributed by atoms with van der Waals surface area (Å²) in [6.07, 6.45) is -0.320. The number of ether oxygens (including phenoxy) is 1. The molecular weight excluding hydrogens is 350 g/mol.